The van der Waals surface area contributed by atoms with Crippen molar-refractivity contribution in [1.29, 1.82) is 0 Å². The van der Waals surface area contributed by atoms with Gasteiger partial charge in [-0.05, 0) is 12.2 Å². The zero-order valence-electron chi connectivity index (χ0n) is 4.63. The van der Waals surface area contributed by atoms with E-state index in [0.29, 0.717) is 13.1 Å². The van der Waals surface area contributed by atoms with Crippen LogP contribution < -0.4 is 22.9 Å². The number of hydrogen-bond acceptors (Lipinski definition) is 3. The highest BCUT2D eigenvalue weighted by atomic mass is 32.1. The summed E-state index contributed by atoms with van der Waals surface area (Å²) >= 11 is 4.09. The van der Waals surface area contributed by atoms with Crippen LogP contribution in [0, 0.1) is 0 Å². The van der Waals surface area contributed by atoms with E-state index in [1.807, 2.05) is 0 Å². The fraction of sp³-hybridized carbons (Fsp3) is 0.667. The van der Waals surface area contributed by atoms with Gasteiger partial charge in [-0.25, -0.2) is 0 Å². The van der Waals surface area contributed by atoms with Gasteiger partial charge in [-0.15, -0.1) is 0 Å². The van der Waals surface area contributed by atoms with Crippen LogP contribution in [0.5, 0.6) is 0 Å². The first kappa shape index (κ1) is 10.6. The summed E-state index contributed by atoms with van der Waals surface area (Å²) in [5.41, 5.74) is 19.0. The Morgan fingerprint density at radius 3 is 1.25 bits per heavy atom. The summed E-state index contributed by atoms with van der Waals surface area (Å²) in [5.74, 6) is 0. The fourth-order valence-corrected chi connectivity index (χ4v) is 0. The molecule has 0 bridgehead atoms. The lowest BCUT2D eigenvalue weighted by molar-refractivity contribution is 0.976. The molecule has 0 saturated carbocycles. The quantitative estimate of drug-likeness (QED) is 0.315. The molecule has 0 aromatic heterocycles. The SMILES string of the molecule is NC(N)=S.NCCN. The van der Waals surface area contributed by atoms with E-state index in [2.05, 4.69) is 23.7 Å². The van der Waals surface area contributed by atoms with Gasteiger partial charge in [-0.3, -0.25) is 0 Å². The lowest BCUT2D eigenvalue weighted by atomic mass is 10.7. The van der Waals surface area contributed by atoms with Gasteiger partial charge in [0.2, 0.25) is 0 Å². The van der Waals surface area contributed by atoms with E-state index in [4.69, 9.17) is 11.5 Å². The molecule has 8 heavy (non-hydrogen) atoms. The van der Waals surface area contributed by atoms with E-state index in [-0.39, 0.29) is 5.11 Å². The summed E-state index contributed by atoms with van der Waals surface area (Å²) in [6, 6.07) is 0. The minimum atomic E-state index is 0.000000000000000222. The summed E-state index contributed by atoms with van der Waals surface area (Å²) in [6.07, 6.45) is 0. The molecule has 0 saturated heterocycles. The molecule has 0 aliphatic heterocycles. The van der Waals surface area contributed by atoms with E-state index in [1.165, 1.54) is 0 Å². The number of nitrogens with two attached hydrogens (primary N) is 4. The topological polar surface area (TPSA) is 104 Å². The predicted octanol–water partition coefficient (Wildman–Crippen LogP) is -1.91. The van der Waals surface area contributed by atoms with Crippen molar-refractivity contribution in [2.45, 2.75) is 0 Å². The van der Waals surface area contributed by atoms with E-state index >= 15 is 0 Å². The molecule has 50 valence electrons. The molecule has 0 spiro atoms. The van der Waals surface area contributed by atoms with Crippen LogP contribution in [0.2, 0.25) is 0 Å². The van der Waals surface area contributed by atoms with Crippen molar-refractivity contribution in [3.05, 3.63) is 0 Å². The average molecular weight is 136 g/mol. The van der Waals surface area contributed by atoms with Gasteiger partial charge in [0.05, 0.1) is 0 Å². The van der Waals surface area contributed by atoms with E-state index in [0.717, 1.165) is 0 Å². The second-order valence-corrected chi connectivity index (χ2v) is 1.45. The van der Waals surface area contributed by atoms with Crippen LogP contribution in [0.1, 0.15) is 0 Å². The maximum Gasteiger partial charge on any atom is 0.160 e. The molecular weight excluding hydrogens is 124 g/mol. The van der Waals surface area contributed by atoms with E-state index in [1.54, 1.807) is 0 Å². The maximum atomic E-state index is 4.90. The standard InChI is InChI=1S/C2H8N2.CH4N2S/c3-1-2-4;2-1(3)4/h1-4H2;(H4,2,3,4). The van der Waals surface area contributed by atoms with Gasteiger partial charge < -0.3 is 22.9 Å². The van der Waals surface area contributed by atoms with Gasteiger partial charge in [0.15, 0.2) is 5.11 Å². The first-order chi connectivity index (χ1) is 3.65. The molecule has 0 heterocycles. The first-order valence-corrected chi connectivity index (χ1v) is 2.51. The van der Waals surface area contributed by atoms with Crippen molar-refractivity contribution in [1.82, 2.24) is 0 Å². The molecule has 0 radical (unpaired) electrons. The Kier molecular flexibility index (Phi) is 12.9. The predicted molar refractivity (Wildman–Crippen MR) is 39.1 cm³/mol. The zero-order valence-corrected chi connectivity index (χ0v) is 5.45. The van der Waals surface area contributed by atoms with E-state index < -0.39 is 0 Å². The molecule has 0 aliphatic rings. The molecule has 0 rings (SSSR count). The summed E-state index contributed by atoms with van der Waals surface area (Å²) in [7, 11) is 0. The van der Waals surface area contributed by atoms with Crippen LogP contribution in [-0.2, 0) is 0 Å². The van der Waals surface area contributed by atoms with Gasteiger partial charge in [-0.1, -0.05) is 0 Å². The molecule has 0 unspecified atom stereocenters. The largest absolute Gasteiger partial charge is 0.377 e. The van der Waals surface area contributed by atoms with Crippen molar-refractivity contribution in [2.75, 3.05) is 13.1 Å². The third kappa shape index (κ3) is 320. The van der Waals surface area contributed by atoms with Crippen LogP contribution in [0.4, 0.5) is 0 Å². The Morgan fingerprint density at radius 2 is 1.25 bits per heavy atom. The third-order valence-corrected chi connectivity index (χ3v) is 0.167. The average Bonchev–Trinajstić information content (AvgIpc) is 1.65. The lowest BCUT2D eigenvalue weighted by Crippen LogP contribution is -2.18. The van der Waals surface area contributed by atoms with Crippen molar-refractivity contribution in [2.24, 2.45) is 22.9 Å². The van der Waals surface area contributed by atoms with E-state index in [9.17, 15) is 0 Å². The van der Waals surface area contributed by atoms with Crippen LogP contribution in [0.25, 0.3) is 0 Å². The van der Waals surface area contributed by atoms with Crippen LogP contribution in [0.15, 0.2) is 0 Å². The Morgan fingerprint density at radius 1 is 1.12 bits per heavy atom. The molecule has 4 nitrogen and oxygen atoms in total. The molecule has 0 aromatic rings. The number of rotatable bonds is 1. The van der Waals surface area contributed by atoms with Crippen molar-refractivity contribution in [3.63, 3.8) is 0 Å². The molecule has 0 aliphatic carbocycles. The summed E-state index contributed by atoms with van der Waals surface area (Å²) < 4.78 is 0. The molecule has 0 aromatic carbocycles. The molecule has 0 fully saturated rings. The molecule has 5 heteroatoms. The Bertz CT molecular complexity index is 49.2. The van der Waals surface area contributed by atoms with Crippen molar-refractivity contribution < 1.29 is 0 Å². The summed E-state index contributed by atoms with van der Waals surface area (Å²) in [6.45, 7) is 1.19. The molecule has 8 N–H and O–H groups in total. The van der Waals surface area contributed by atoms with Crippen molar-refractivity contribution >= 4 is 17.3 Å². The third-order valence-electron chi connectivity index (χ3n) is 0.167. The van der Waals surface area contributed by atoms with Gasteiger partial charge in [0.25, 0.3) is 0 Å². The molecule has 0 atom stereocenters. The highest BCUT2D eigenvalue weighted by molar-refractivity contribution is 7.80. The van der Waals surface area contributed by atoms with Crippen LogP contribution >= 0.6 is 12.2 Å². The van der Waals surface area contributed by atoms with Crippen molar-refractivity contribution in [3.8, 4) is 0 Å². The van der Waals surface area contributed by atoms with Gasteiger partial charge in [0.1, 0.15) is 0 Å². The zero-order chi connectivity index (χ0) is 6.99. The van der Waals surface area contributed by atoms with Gasteiger partial charge in [0, 0.05) is 13.1 Å². The fourth-order valence-electron chi connectivity index (χ4n) is 0. The lowest BCUT2D eigenvalue weighted by Gasteiger charge is -1.72. The maximum absolute atomic E-state index is 4.90. The van der Waals surface area contributed by atoms with Crippen LogP contribution in [-0.4, -0.2) is 18.2 Å². The monoisotopic (exact) mass is 136 g/mol. The number of hydrogen-bond donors (Lipinski definition) is 4. The second-order valence-electron chi connectivity index (χ2n) is 0.980. The number of thiocarbonyl (C=S) groups is 1. The highest BCUT2D eigenvalue weighted by Crippen LogP contribution is 1.32. The summed E-state index contributed by atoms with van der Waals surface area (Å²) in [4.78, 5) is 0. The first-order valence-electron chi connectivity index (χ1n) is 2.10. The minimum absolute atomic E-state index is 0.000000000000000222. The highest BCUT2D eigenvalue weighted by Gasteiger charge is 1.54. The minimum Gasteiger partial charge on any atom is -0.377 e. The second kappa shape index (κ2) is 9.79. The summed E-state index contributed by atoms with van der Waals surface area (Å²) in [5, 5.41) is 0.000000000000000222. The van der Waals surface area contributed by atoms with Crippen LogP contribution in [0.3, 0.4) is 0 Å². The Balaban J connectivity index is 0. The smallest absolute Gasteiger partial charge is 0.160 e. The molecular formula is C3H12N4S. The van der Waals surface area contributed by atoms with Gasteiger partial charge in [-0.2, -0.15) is 0 Å². The van der Waals surface area contributed by atoms with Gasteiger partial charge >= 0.3 is 0 Å². The Hall–Kier alpha value is -0.390. The normalized spacial score (nSPS) is 6.75. The Labute approximate surface area is 54.2 Å². The molecule has 0 amide bonds.